The van der Waals surface area contributed by atoms with Gasteiger partial charge in [0.15, 0.2) is 5.65 Å². The Hall–Kier alpha value is -2.89. The molecular formula is C24H22BrF2N5O2S. The summed E-state index contributed by atoms with van der Waals surface area (Å²) in [6, 6.07) is 12.4. The van der Waals surface area contributed by atoms with Crippen LogP contribution in [0.15, 0.2) is 64.1 Å². The lowest BCUT2D eigenvalue weighted by atomic mass is 10.0. The van der Waals surface area contributed by atoms with Gasteiger partial charge < -0.3 is 5.32 Å². The highest BCUT2D eigenvalue weighted by Crippen LogP contribution is 2.30. The molecule has 0 saturated carbocycles. The monoisotopic (exact) mass is 561 g/mol. The number of hydrogen-bond acceptors (Lipinski definition) is 5. The maximum Gasteiger partial charge on any atom is 0.245 e. The molecule has 2 aromatic heterocycles. The van der Waals surface area contributed by atoms with Gasteiger partial charge in [0.25, 0.3) is 0 Å². The first-order valence-corrected chi connectivity index (χ1v) is 13.3. The van der Waals surface area contributed by atoms with Crippen LogP contribution in [-0.2, 0) is 10.0 Å². The predicted molar refractivity (Wildman–Crippen MR) is 133 cm³/mol. The molecule has 1 saturated heterocycles. The van der Waals surface area contributed by atoms with Gasteiger partial charge in [-0.05, 0) is 53.4 Å². The van der Waals surface area contributed by atoms with Gasteiger partial charge in [-0.3, -0.25) is 0 Å². The Balaban J connectivity index is 1.38. The highest BCUT2D eigenvalue weighted by atomic mass is 79.9. The number of halogens is 3. The van der Waals surface area contributed by atoms with Crippen LogP contribution in [0.5, 0.6) is 0 Å². The van der Waals surface area contributed by atoms with Crippen molar-refractivity contribution in [2.75, 3.05) is 18.4 Å². The Labute approximate surface area is 210 Å². The second kappa shape index (κ2) is 9.29. The van der Waals surface area contributed by atoms with Crippen LogP contribution in [0.1, 0.15) is 18.4 Å². The quantitative estimate of drug-likeness (QED) is 0.370. The molecule has 35 heavy (non-hydrogen) atoms. The fourth-order valence-electron chi connectivity index (χ4n) is 4.31. The van der Waals surface area contributed by atoms with Crippen molar-refractivity contribution in [2.24, 2.45) is 0 Å². The molecule has 2 aromatic carbocycles. The van der Waals surface area contributed by atoms with Crippen molar-refractivity contribution in [1.82, 2.24) is 18.9 Å². The Bertz CT molecular complexity index is 1520. The second-order valence-corrected chi connectivity index (χ2v) is 11.2. The highest BCUT2D eigenvalue weighted by molar-refractivity contribution is 9.10. The van der Waals surface area contributed by atoms with Crippen LogP contribution in [0, 0.1) is 18.6 Å². The fourth-order valence-corrected chi connectivity index (χ4v) is 6.17. The van der Waals surface area contributed by atoms with Crippen LogP contribution in [0.4, 0.5) is 14.6 Å². The SMILES string of the molecule is Cc1ccccc1-c1cc(NC2CCN(S(=O)(=O)c3ccc(F)cc3F)CC2)n2ncc(Br)c2n1. The summed E-state index contributed by atoms with van der Waals surface area (Å²) in [6.07, 6.45) is 2.70. The van der Waals surface area contributed by atoms with Gasteiger partial charge in [-0.25, -0.2) is 22.2 Å². The Kier molecular flexibility index (Phi) is 6.32. The maximum atomic E-state index is 14.1. The summed E-state index contributed by atoms with van der Waals surface area (Å²) in [4.78, 5) is 4.27. The molecule has 0 atom stereocenters. The molecule has 5 rings (SSSR count). The standard InChI is InChI=1S/C24H22BrF2N5O2S/c1-15-4-2-3-5-18(15)21-13-23(32-24(30-21)19(25)14-28-32)29-17-8-10-31(11-9-17)35(33,34)22-7-6-16(26)12-20(22)27/h2-7,12-14,17,29H,8-11H2,1H3. The highest BCUT2D eigenvalue weighted by Gasteiger charge is 2.32. The first-order chi connectivity index (χ1) is 16.7. The fraction of sp³-hybridized carbons (Fsp3) is 0.250. The lowest BCUT2D eigenvalue weighted by Gasteiger charge is -2.32. The number of nitrogens with zero attached hydrogens (tertiary/aromatic N) is 4. The van der Waals surface area contributed by atoms with Crippen molar-refractivity contribution in [3.63, 3.8) is 0 Å². The molecule has 0 spiro atoms. The van der Waals surface area contributed by atoms with E-state index in [1.807, 2.05) is 37.3 Å². The number of rotatable bonds is 5. The van der Waals surface area contributed by atoms with Gasteiger partial charge in [-0.1, -0.05) is 24.3 Å². The topological polar surface area (TPSA) is 79.6 Å². The normalized spacial score (nSPS) is 15.5. The van der Waals surface area contributed by atoms with Gasteiger partial charge in [0.05, 0.1) is 16.4 Å². The molecule has 0 bridgehead atoms. The Morgan fingerprint density at radius 3 is 2.54 bits per heavy atom. The molecule has 11 heteroatoms. The summed E-state index contributed by atoms with van der Waals surface area (Å²) >= 11 is 3.51. The average Bonchev–Trinajstić information content (AvgIpc) is 3.20. The Morgan fingerprint density at radius 2 is 1.83 bits per heavy atom. The number of fused-ring (bicyclic) bond motifs is 1. The Morgan fingerprint density at radius 1 is 1.09 bits per heavy atom. The van der Waals surface area contributed by atoms with E-state index in [0.29, 0.717) is 24.6 Å². The average molecular weight is 562 g/mol. The minimum Gasteiger partial charge on any atom is -0.367 e. The largest absolute Gasteiger partial charge is 0.367 e. The number of aromatic nitrogens is 3. The summed E-state index contributed by atoms with van der Waals surface area (Å²) in [6.45, 7) is 2.44. The zero-order chi connectivity index (χ0) is 24.7. The molecule has 0 amide bonds. The minimum absolute atomic E-state index is 0.0298. The smallest absolute Gasteiger partial charge is 0.245 e. The molecule has 3 heterocycles. The number of aryl methyl sites for hydroxylation is 1. The zero-order valence-corrected chi connectivity index (χ0v) is 21.2. The number of benzene rings is 2. The first kappa shape index (κ1) is 23.8. The van der Waals surface area contributed by atoms with Crippen LogP contribution in [0.3, 0.4) is 0 Å². The number of anilines is 1. The lowest BCUT2D eigenvalue weighted by Crippen LogP contribution is -2.42. The molecule has 0 aliphatic carbocycles. The maximum absolute atomic E-state index is 14.1. The van der Waals surface area contributed by atoms with Gasteiger partial charge in [-0.15, -0.1) is 0 Å². The number of nitrogens with one attached hydrogen (secondary N) is 1. The molecule has 0 unspecified atom stereocenters. The summed E-state index contributed by atoms with van der Waals surface area (Å²) in [7, 11) is -4.05. The molecular weight excluding hydrogens is 540 g/mol. The van der Waals surface area contributed by atoms with Gasteiger partial charge in [0.2, 0.25) is 10.0 Å². The van der Waals surface area contributed by atoms with Crippen LogP contribution in [0.2, 0.25) is 0 Å². The molecule has 1 fully saturated rings. The first-order valence-electron chi connectivity index (χ1n) is 11.1. The molecule has 182 valence electrons. The molecule has 1 aliphatic heterocycles. The zero-order valence-electron chi connectivity index (χ0n) is 18.7. The summed E-state index contributed by atoms with van der Waals surface area (Å²) in [5.41, 5.74) is 3.57. The van der Waals surface area contributed by atoms with Crippen LogP contribution >= 0.6 is 15.9 Å². The third kappa shape index (κ3) is 4.55. The van der Waals surface area contributed by atoms with E-state index in [4.69, 9.17) is 4.98 Å². The van der Waals surface area contributed by atoms with E-state index >= 15 is 0 Å². The van der Waals surface area contributed by atoms with E-state index in [9.17, 15) is 17.2 Å². The lowest BCUT2D eigenvalue weighted by molar-refractivity contribution is 0.328. The number of hydrogen-bond donors (Lipinski definition) is 1. The van der Waals surface area contributed by atoms with E-state index in [-0.39, 0.29) is 19.1 Å². The van der Waals surface area contributed by atoms with Crippen LogP contribution < -0.4 is 5.32 Å². The predicted octanol–water partition coefficient (Wildman–Crippen LogP) is 5.01. The van der Waals surface area contributed by atoms with E-state index in [1.165, 1.54) is 4.31 Å². The van der Waals surface area contributed by atoms with E-state index in [1.54, 1.807) is 10.7 Å². The van der Waals surface area contributed by atoms with Crippen molar-refractivity contribution in [3.05, 3.63) is 76.4 Å². The molecule has 7 nitrogen and oxygen atoms in total. The molecule has 4 aromatic rings. The van der Waals surface area contributed by atoms with Crippen molar-refractivity contribution in [2.45, 2.75) is 30.7 Å². The number of sulfonamides is 1. The summed E-state index contributed by atoms with van der Waals surface area (Å²) < 4.78 is 56.9. The summed E-state index contributed by atoms with van der Waals surface area (Å²) in [5.74, 6) is -1.16. The van der Waals surface area contributed by atoms with Crippen molar-refractivity contribution in [1.29, 1.82) is 0 Å². The van der Waals surface area contributed by atoms with Crippen molar-refractivity contribution < 1.29 is 17.2 Å². The molecule has 1 aliphatic rings. The van der Waals surface area contributed by atoms with Gasteiger partial charge in [0.1, 0.15) is 22.3 Å². The van der Waals surface area contributed by atoms with E-state index in [0.717, 1.165) is 39.2 Å². The van der Waals surface area contributed by atoms with Crippen LogP contribution in [0.25, 0.3) is 16.9 Å². The number of piperidine rings is 1. The van der Waals surface area contributed by atoms with Gasteiger partial charge >= 0.3 is 0 Å². The summed E-state index contributed by atoms with van der Waals surface area (Å²) in [5, 5.41) is 7.91. The van der Waals surface area contributed by atoms with Crippen molar-refractivity contribution in [3.8, 4) is 11.3 Å². The molecule has 0 radical (unpaired) electrons. The van der Waals surface area contributed by atoms with Gasteiger partial charge in [-0.2, -0.15) is 13.9 Å². The third-order valence-corrected chi connectivity index (χ3v) is 8.66. The van der Waals surface area contributed by atoms with E-state index < -0.39 is 26.6 Å². The van der Waals surface area contributed by atoms with Crippen LogP contribution in [-0.4, -0.2) is 46.5 Å². The minimum atomic E-state index is -4.05. The molecule has 1 N–H and O–H groups in total. The van der Waals surface area contributed by atoms with E-state index in [2.05, 4.69) is 26.3 Å². The second-order valence-electron chi connectivity index (χ2n) is 8.47. The third-order valence-electron chi connectivity index (χ3n) is 6.17. The van der Waals surface area contributed by atoms with Crippen molar-refractivity contribution >= 4 is 37.4 Å². The van der Waals surface area contributed by atoms with Gasteiger partial charge in [0, 0.05) is 36.8 Å².